The van der Waals surface area contributed by atoms with Crippen molar-refractivity contribution in [1.82, 2.24) is 4.57 Å². The molecule has 0 aliphatic rings. The zero-order valence-corrected chi connectivity index (χ0v) is 18.4. The molecule has 0 spiro atoms. The molecule has 3 aromatic rings. The molecule has 1 heterocycles. The number of aryl methyl sites for hydroxylation is 1. The van der Waals surface area contributed by atoms with Crippen LogP contribution in [0.3, 0.4) is 0 Å². The predicted octanol–water partition coefficient (Wildman–Crippen LogP) is 3.04. The molecule has 0 bridgehead atoms. The maximum Gasteiger partial charge on any atom is 0.268 e. The van der Waals surface area contributed by atoms with Gasteiger partial charge in [0.2, 0.25) is 0 Å². The van der Waals surface area contributed by atoms with Gasteiger partial charge in [0, 0.05) is 18.7 Å². The average Bonchev–Trinajstić information content (AvgIpc) is 3.00. The summed E-state index contributed by atoms with van der Waals surface area (Å²) in [4.78, 5) is 25.4. The van der Waals surface area contributed by atoms with Gasteiger partial charge in [0.25, 0.3) is 5.56 Å². The highest BCUT2D eigenvalue weighted by Gasteiger charge is 2.09. The van der Waals surface area contributed by atoms with Crippen LogP contribution in [0.5, 0.6) is 11.5 Å². The van der Waals surface area contributed by atoms with Crippen LogP contribution in [0, 0.1) is 6.92 Å². The van der Waals surface area contributed by atoms with Gasteiger partial charge >= 0.3 is 0 Å². The molecule has 1 aromatic heterocycles. The normalized spacial score (nSPS) is 12.3. The number of carbonyl (C=O) groups excluding carboxylic acids is 1. The third-order valence-electron chi connectivity index (χ3n) is 4.67. The van der Waals surface area contributed by atoms with E-state index < -0.39 is 0 Å². The average molecular weight is 424 g/mol. The lowest BCUT2D eigenvalue weighted by molar-refractivity contribution is 0.106. The summed E-state index contributed by atoms with van der Waals surface area (Å²) in [6, 6.07) is 13.0. The van der Waals surface area contributed by atoms with Crippen molar-refractivity contribution in [3.63, 3.8) is 0 Å². The predicted molar refractivity (Wildman–Crippen MR) is 121 cm³/mol. The van der Waals surface area contributed by atoms with E-state index in [4.69, 9.17) is 9.47 Å². The van der Waals surface area contributed by atoms with Crippen molar-refractivity contribution in [3.8, 4) is 11.5 Å². The van der Waals surface area contributed by atoms with Gasteiger partial charge in [-0.1, -0.05) is 37.3 Å². The van der Waals surface area contributed by atoms with Crippen molar-refractivity contribution in [2.24, 2.45) is 7.05 Å². The molecule has 0 aliphatic carbocycles. The summed E-state index contributed by atoms with van der Waals surface area (Å²) in [5.74, 6) is 1.18. The maximum atomic E-state index is 12.7. The minimum absolute atomic E-state index is 0.115. The van der Waals surface area contributed by atoms with Gasteiger partial charge in [-0.25, -0.2) is 0 Å². The number of methoxy groups -OCH3 is 1. The highest BCUT2D eigenvalue weighted by Crippen LogP contribution is 2.28. The van der Waals surface area contributed by atoms with Gasteiger partial charge in [-0.15, -0.1) is 11.3 Å². The smallest absolute Gasteiger partial charge is 0.268 e. The van der Waals surface area contributed by atoms with E-state index in [1.165, 1.54) is 22.0 Å². The standard InChI is InChI=1S/C24H25NO4S/c1-5-12-29-21-13-17(10-11-20(21)28-4)14-22-24(27)25(3)23(30-22)15-19(26)18-9-7-6-8-16(18)2/h6-11,13-15H,5,12H2,1-4H3/b22-14-,23-15-. The van der Waals surface area contributed by atoms with E-state index >= 15 is 0 Å². The third kappa shape index (κ3) is 4.71. The zero-order chi connectivity index (χ0) is 21.7. The van der Waals surface area contributed by atoms with Crippen LogP contribution in [0.2, 0.25) is 0 Å². The minimum atomic E-state index is -0.143. The first kappa shape index (κ1) is 21.6. The largest absolute Gasteiger partial charge is 0.493 e. The lowest BCUT2D eigenvalue weighted by Crippen LogP contribution is -2.29. The minimum Gasteiger partial charge on any atom is -0.493 e. The Morgan fingerprint density at radius 2 is 1.93 bits per heavy atom. The summed E-state index contributed by atoms with van der Waals surface area (Å²) in [6.07, 6.45) is 4.22. The van der Waals surface area contributed by atoms with Gasteiger partial charge in [0.15, 0.2) is 17.3 Å². The molecule has 0 saturated carbocycles. The first-order chi connectivity index (χ1) is 14.4. The second-order valence-electron chi connectivity index (χ2n) is 6.90. The number of thiazole rings is 1. The van der Waals surface area contributed by atoms with Crippen LogP contribution in [0.15, 0.2) is 47.3 Å². The first-order valence-electron chi connectivity index (χ1n) is 9.74. The van der Waals surface area contributed by atoms with Crippen LogP contribution in [0.25, 0.3) is 12.2 Å². The Kier molecular flexibility index (Phi) is 6.90. The van der Waals surface area contributed by atoms with Gasteiger partial charge in [0.05, 0.1) is 18.2 Å². The number of benzene rings is 2. The molecule has 30 heavy (non-hydrogen) atoms. The van der Waals surface area contributed by atoms with E-state index in [2.05, 4.69) is 0 Å². The summed E-state index contributed by atoms with van der Waals surface area (Å²) >= 11 is 1.29. The molecule has 0 aliphatic heterocycles. The van der Waals surface area contributed by atoms with Crippen LogP contribution in [-0.4, -0.2) is 24.1 Å². The number of ketones is 1. The zero-order valence-electron chi connectivity index (χ0n) is 17.6. The Morgan fingerprint density at radius 1 is 1.17 bits per heavy atom. The summed E-state index contributed by atoms with van der Waals surface area (Å²) in [6.45, 7) is 4.52. The fraction of sp³-hybridized carbons (Fsp3) is 0.250. The van der Waals surface area contributed by atoms with Crippen LogP contribution in [-0.2, 0) is 7.05 Å². The van der Waals surface area contributed by atoms with Gasteiger partial charge in [-0.2, -0.15) is 0 Å². The number of rotatable bonds is 7. The summed E-state index contributed by atoms with van der Waals surface area (Å²) in [7, 11) is 3.27. The summed E-state index contributed by atoms with van der Waals surface area (Å²) in [5, 5.41) is 0. The van der Waals surface area contributed by atoms with Gasteiger partial charge < -0.3 is 14.0 Å². The maximum absolute atomic E-state index is 12.7. The number of nitrogens with zero attached hydrogens (tertiary/aromatic N) is 1. The lowest BCUT2D eigenvalue weighted by atomic mass is 10.1. The topological polar surface area (TPSA) is 57.5 Å². The van der Waals surface area contributed by atoms with E-state index in [0.29, 0.717) is 32.9 Å². The Hall–Kier alpha value is -3.12. The molecule has 0 unspecified atom stereocenters. The summed E-state index contributed by atoms with van der Waals surface area (Å²) < 4.78 is 13.8. The van der Waals surface area contributed by atoms with Gasteiger partial charge in [-0.05, 0) is 42.7 Å². The SMILES string of the molecule is CCCOc1cc(/C=c2\s/c(=C\C(=O)c3ccccc3C)n(C)c2=O)ccc1OC. The number of hydrogen-bond acceptors (Lipinski definition) is 5. The van der Waals surface area contributed by atoms with Crippen molar-refractivity contribution in [1.29, 1.82) is 0 Å². The molecule has 0 radical (unpaired) electrons. The second kappa shape index (κ2) is 9.59. The lowest BCUT2D eigenvalue weighted by Gasteiger charge is -2.10. The van der Waals surface area contributed by atoms with E-state index in [9.17, 15) is 9.59 Å². The molecule has 5 nitrogen and oxygen atoms in total. The summed E-state index contributed by atoms with van der Waals surface area (Å²) in [5.41, 5.74) is 2.23. The number of ether oxygens (including phenoxy) is 2. The molecule has 0 atom stereocenters. The molecule has 156 valence electrons. The van der Waals surface area contributed by atoms with Crippen molar-refractivity contribution in [2.45, 2.75) is 20.3 Å². The van der Waals surface area contributed by atoms with Gasteiger partial charge in [0.1, 0.15) is 4.66 Å². The molecule has 0 amide bonds. The van der Waals surface area contributed by atoms with Crippen LogP contribution < -0.4 is 24.2 Å². The number of carbonyl (C=O) groups is 1. The van der Waals surface area contributed by atoms with Crippen LogP contribution >= 0.6 is 11.3 Å². The molecular formula is C24H25NO4S. The monoisotopic (exact) mass is 423 g/mol. The second-order valence-corrected chi connectivity index (χ2v) is 7.96. The Labute approximate surface area is 179 Å². The number of hydrogen-bond donors (Lipinski definition) is 0. The fourth-order valence-corrected chi connectivity index (χ4v) is 4.04. The molecule has 0 saturated heterocycles. The van der Waals surface area contributed by atoms with Crippen LogP contribution in [0.4, 0.5) is 0 Å². The van der Waals surface area contributed by atoms with E-state index in [1.807, 2.05) is 50.2 Å². The molecule has 3 rings (SSSR count). The fourth-order valence-electron chi connectivity index (χ4n) is 3.01. The quantitative estimate of drug-likeness (QED) is 0.548. The van der Waals surface area contributed by atoms with E-state index in [-0.39, 0.29) is 11.3 Å². The third-order valence-corrected chi connectivity index (χ3v) is 5.79. The van der Waals surface area contributed by atoms with E-state index in [1.54, 1.807) is 26.3 Å². The van der Waals surface area contributed by atoms with E-state index in [0.717, 1.165) is 17.5 Å². The number of aromatic nitrogens is 1. The molecule has 0 N–H and O–H groups in total. The Bertz CT molecular complexity index is 1240. The van der Waals surface area contributed by atoms with Crippen molar-refractivity contribution in [2.75, 3.05) is 13.7 Å². The van der Waals surface area contributed by atoms with Crippen LogP contribution in [0.1, 0.15) is 34.8 Å². The number of Topliss-reactive ketones (excluding diaryl/α,β-unsaturated/α-hetero) is 1. The van der Waals surface area contributed by atoms with Gasteiger partial charge in [-0.3, -0.25) is 9.59 Å². The highest BCUT2D eigenvalue weighted by atomic mass is 32.1. The highest BCUT2D eigenvalue weighted by molar-refractivity contribution is 7.07. The molecule has 6 heteroatoms. The Balaban J connectivity index is 2.03. The first-order valence-corrected chi connectivity index (χ1v) is 10.6. The van der Waals surface area contributed by atoms with Crippen molar-refractivity contribution < 1.29 is 14.3 Å². The molecular weight excluding hydrogens is 398 g/mol. The molecule has 2 aromatic carbocycles. The molecule has 0 fully saturated rings. The van der Waals surface area contributed by atoms with Crippen molar-refractivity contribution >= 4 is 29.3 Å². The Morgan fingerprint density at radius 3 is 2.63 bits per heavy atom. The van der Waals surface area contributed by atoms with Crippen molar-refractivity contribution in [3.05, 3.63) is 78.7 Å².